The van der Waals surface area contributed by atoms with Crippen LogP contribution in [0, 0.1) is 13.8 Å². The second-order valence-corrected chi connectivity index (χ2v) is 15.5. The minimum Gasteiger partial charge on any atom is -0.455 e. The van der Waals surface area contributed by atoms with E-state index in [1.54, 1.807) is 0 Å². The molecule has 9 aromatic carbocycles. The fourth-order valence-electron chi connectivity index (χ4n) is 9.11. The zero-order valence-corrected chi connectivity index (χ0v) is 32.9. The zero-order chi connectivity index (χ0) is 39.5. The first-order chi connectivity index (χ1) is 29.1. The summed E-state index contributed by atoms with van der Waals surface area (Å²) in [4.78, 5) is 2.42. The lowest BCUT2D eigenvalue weighted by Crippen LogP contribution is -2.11. The molecular formula is C56H40N2O. The molecule has 0 aliphatic carbocycles. The van der Waals surface area contributed by atoms with Crippen molar-refractivity contribution in [3.63, 3.8) is 0 Å². The smallest absolute Gasteiger partial charge is 0.143 e. The summed E-state index contributed by atoms with van der Waals surface area (Å²) < 4.78 is 9.19. The van der Waals surface area contributed by atoms with E-state index >= 15 is 0 Å². The molecule has 0 saturated heterocycles. The Labute approximate surface area is 343 Å². The van der Waals surface area contributed by atoms with Crippen molar-refractivity contribution in [3.8, 4) is 39.1 Å². The Morgan fingerprint density at radius 3 is 1.73 bits per heavy atom. The Morgan fingerprint density at radius 2 is 1.00 bits per heavy atom. The number of hydrogen-bond donors (Lipinski definition) is 0. The fraction of sp³-hybridized carbons (Fsp3) is 0.0357. The van der Waals surface area contributed by atoms with Crippen LogP contribution in [0.3, 0.4) is 0 Å². The summed E-state index contributed by atoms with van der Waals surface area (Å²) in [6, 6.07) is 74.4. The van der Waals surface area contributed by atoms with Gasteiger partial charge in [0.2, 0.25) is 0 Å². The highest BCUT2D eigenvalue weighted by atomic mass is 16.3. The lowest BCUT2D eigenvalue weighted by Gasteiger charge is -2.28. The summed E-state index contributed by atoms with van der Waals surface area (Å²) in [5.74, 6) is 0. The number of hydrogen-bond acceptors (Lipinski definition) is 2. The van der Waals surface area contributed by atoms with Crippen molar-refractivity contribution in [1.29, 1.82) is 0 Å². The number of furan rings is 1. The molecule has 0 radical (unpaired) electrons. The zero-order valence-electron chi connectivity index (χ0n) is 32.9. The van der Waals surface area contributed by atoms with E-state index in [4.69, 9.17) is 4.42 Å². The van der Waals surface area contributed by atoms with Crippen LogP contribution >= 0.6 is 0 Å². The van der Waals surface area contributed by atoms with Crippen LogP contribution in [0.25, 0.3) is 82.8 Å². The maximum absolute atomic E-state index is 6.81. The molecule has 59 heavy (non-hydrogen) atoms. The van der Waals surface area contributed by atoms with Gasteiger partial charge < -0.3 is 13.9 Å². The van der Waals surface area contributed by atoms with Crippen molar-refractivity contribution in [3.05, 3.63) is 217 Å². The molecule has 0 amide bonds. The van der Waals surface area contributed by atoms with Gasteiger partial charge in [-0.25, -0.2) is 0 Å². The van der Waals surface area contributed by atoms with Crippen LogP contribution in [-0.2, 0) is 0 Å². The summed E-state index contributed by atoms with van der Waals surface area (Å²) in [7, 11) is 0. The molecule has 3 nitrogen and oxygen atoms in total. The first-order valence-electron chi connectivity index (χ1n) is 20.3. The average molecular weight is 757 g/mol. The molecule has 0 aliphatic heterocycles. The Bertz CT molecular complexity index is 3300. The molecular weight excluding hydrogens is 717 g/mol. The molecule has 11 rings (SSSR count). The summed E-state index contributed by atoms with van der Waals surface area (Å²) >= 11 is 0. The van der Waals surface area contributed by atoms with Crippen LogP contribution in [0.5, 0.6) is 0 Å². The molecule has 0 atom stereocenters. The van der Waals surface area contributed by atoms with E-state index < -0.39 is 0 Å². The summed E-state index contributed by atoms with van der Waals surface area (Å²) in [6.45, 7) is 4.41. The molecule has 11 aromatic rings. The molecule has 0 N–H and O–H groups in total. The van der Waals surface area contributed by atoms with Gasteiger partial charge in [-0.15, -0.1) is 0 Å². The maximum Gasteiger partial charge on any atom is 0.143 e. The monoisotopic (exact) mass is 756 g/mol. The normalized spacial score (nSPS) is 11.6. The molecule has 0 bridgehead atoms. The van der Waals surface area contributed by atoms with Gasteiger partial charge in [-0.1, -0.05) is 140 Å². The van der Waals surface area contributed by atoms with Crippen LogP contribution in [0.4, 0.5) is 17.1 Å². The molecule has 2 aromatic heterocycles. The minimum absolute atomic E-state index is 0.871. The van der Waals surface area contributed by atoms with Gasteiger partial charge in [0.05, 0.1) is 11.0 Å². The van der Waals surface area contributed by atoms with Crippen molar-refractivity contribution in [2.24, 2.45) is 0 Å². The average Bonchev–Trinajstić information content (AvgIpc) is 3.83. The van der Waals surface area contributed by atoms with Crippen LogP contribution in [0.2, 0.25) is 0 Å². The lowest BCUT2D eigenvalue weighted by molar-refractivity contribution is 0.670. The van der Waals surface area contributed by atoms with Crippen LogP contribution < -0.4 is 4.90 Å². The molecule has 0 saturated carbocycles. The first-order valence-corrected chi connectivity index (χ1v) is 20.3. The molecule has 0 unspecified atom stereocenters. The molecule has 0 spiro atoms. The summed E-state index contributed by atoms with van der Waals surface area (Å²) in [5.41, 5.74) is 17.8. The number of benzene rings is 9. The number of aromatic nitrogens is 1. The number of fused-ring (bicyclic) bond motifs is 6. The number of nitrogens with zero attached hydrogens (tertiary/aromatic N) is 2. The predicted molar refractivity (Wildman–Crippen MR) is 249 cm³/mol. The highest BCUT2D eigenvalue weighted by Gasteiger charge is 2.23. The quantitative estimate of drug-likeness (QED) is 0.161. The first kappa shape index (κ1) is 34.6. The maximum atomic E-state index is 6.81. The molecule has 2 heterocycles. The fourth-order valence-corrected chi connectivity index (χ4v) is 9.11. The second-order valence-electron chi connectivity index (χ2n) is 15.5. The van der Waals surface area contributed by atoms with E-state index in [1.807, 2.05) is 0 Å². The number of rotatable bonds is 7. The third-order valence-electron chi connectivity index (χ3n) is 11.7. The van der Waals surface area contributed by atoms with Gasteiger partial charge in [0.1, 0.15) is 11.2 Å². The Kier molecular flexibility index (Phi) is 8.27. The van der Waals surface area contributed by atoms with Gasteiger partial charge >= 0.3 is 0 Å². The van der Waals surface area contributed by atoms with Crippen LogP contribution in [-0.4, -0.2) is 4.57 Å². The summed E-state index contributed by atoms with van der Waals surface area (Å²) in [6.07, 6.45) is 0. The van der Waals surface area contributed by atoms with Gasteiger partial charge in [-0.3, -0.25) is 0 Å². The predicted octanol–water partition coefficient (Wildman–Crippen LogP) is 15.8. The highest BCUT2D eigenvalue weighted by Crippen LogP contribution is 2.46. The molecule has 0 fully saturated rings. The van der Waals surface area contributed by atoms with E-state index in [0.29, 0.717) is 0 Å². The van der Waals surface area contributed by atoms with Crippen molar-refractivity contribution in [2.45, 2.75) is 13.8 Å². The van der Waals surface area contributed by atoms with Gasteiger partial charge in [-0.05, 0) is 120 Å². The van der Waals surface area contributed by atoms with E-state index in [9.17, 15) is 0 Å². The third kappa shape index (κ3) is 5.90. The topological polar surface area (TPSA) is 21.3 Å². The van der Waals surface area contributed by atoms with E-state index in [0.717, 1.165) is 55.8 Å². The Balaban J connectivity index is 1.18. The van der Waals surface area contributed by atoms with Crippen molar-refractivity contribution < 1.29 is 4.42 Å². The van der Waals surface area contributed by atoms with Gasteiger partial charge in [0.15, 0.2) is 0 Å². The highest BCUT2D eigenvalue weighted by molar-refractivity contribution is 6.12. The van der Waals surface area contributed by atoms with Gasteiger partial charge in [0.25, 0.3) is 0 Å². The molecule has 280 valence electrons. The van der Waals surface area contributed by atoms with E-state index in [-0.39, 0.29) is 0 Å². The lowest BCUT2D eigenvalue weighted by atomic mass is 9.90. The molecule has 3 heteroatoms. The Hall–Kier alpha value is -7.62. The standard InChI is InChI=1S/C56H40N2O/c1-37-17-15-23-42(31-37)57(44-32-38(2)55(40-20-7-4-8-21-40)49(34-44)39-18-5-3-6-19-39)45-35-50(56-51(36-45)48-27-11-14-30-54(48)59-56)41-22-16-24-43(33-41)58-52-28-12-9-25-46(52)47-26-10-13-29-53(47)58/h3-36H,1-2H3. The Morgan fingerprint density at radius 1 is 0.407 bits per heavy atom. The minimum atomic E-state index is 0.871. The van der Waals surface area contributed by atoms with Gasteiger partial charge in [-0.2, -0.15) is 0 Å². The second kappa shape index (κ2) is 14.1. The van der Waals surface area contributed by atoms with Crippen molar-refractivity contribution in [1.82, 2.24) is 4.57 Å². The number of aryl methyl sites for hydroxylation is 2. The number of anilines is 3. The van der Waals surface area contributed by atoms with Gasteiger partial charge in [0, 0.05) is 49.9 Å². The van der Waals surface area contributed by atoms with Crippen molar-refractivity contribution >= 4 is 60.8 Å². The number of para-hydroxylation sites is 3. The van der Waals surface area contributed by atoms with E-state index in [1.165, 1.54) is 55.2 Å². The van der Waals surface area contributed by atoms with Crippen LogP contribution in [0.15, 0.2) is 211 Å². The van der Waals surface area contributed by atoms with Crippen LogP contribution in [0.1, 0.15) is 11.1 Å². The third-order valence-corrected chi connectivity index (χ3v) is 11.7. The van der Waals surface area contributed by atoms with Crippen molar-refractivity contribution in [2.75, 3.05) is 4.90 Å². The largest absolute Gasteiger partial charge is 0.455 e. The SMILES string of the molecule is Cc1cccc(N(c2cc(C)c(-c3ccccc3)c(-c3ccccc3)c2)c2cc(-c3cccc(-n4c5ccccc5c5ccccc54)c3)c3oc4ccccc4c3c2)c1. The summed E-state index contributed by atoms with van der Waals surface area (Å²) in [5, 5.41) is 4.66. The van der Waals surface area contributed by atoms with E-state index in [2.05, 4.69) is 230 Å². The molecule has 0 aliphatic rings.